The van der Waals surface area contributed by atoms with Gasteiger partial charge in [0.2, 0.25) is 0 Å². The van der Waals surface area contributed by atoms with Crippen molar-refractivity contribution in [3.8, 4) is 5.88 Å². The van der Waals surface area contributed by atoms with Crippen LogP contribution in [0.1, 0.15) is 13.8 Å². The van der Waals surface area contributed by atoms with Crippen LogP contribution in [0.5, 0.6) is 5.88 Å². The van der Waals surface area contributed by atoms with E-state index in [2.05, 4.69) is 11.7 Å². The van der Waals surface area contributed by atoms with Crippen LogP contribution in [0.25, 0.3) is 5.70 Å². The van der Waals surface area contributed by atoms with Crippen molar-refractivity contribution in [3.05, 3.63) is 24.4 Å². The van der Waals surface area contributed by atoms with Gasteiger partial charge in [0.25, 0.3) is 5.88 Å². The van der Waals surface area contributed by atoms with Gasteiger partial charge in [0.1, 0.15) is 5.69 Å². The standard InChI is InChI=1S/C10H15N3O/c1-5-7(2)8(3)13-6-9(11)10(12-13)14-4/h5-6H,1,11H2,2-4H3/b8-7-. The van der Waals surface area contributed by atoms with Crippen LogP contribution < -0.4 is 10.5 Å². The van der Waals surface area contributed by atoms with Crippen LogP contribution in [0.2, 0.25) is 0 Å². The third-order valence-electron chi connectivity index (χ3n) is 2.12. The Morgan fingerprint density at radius 1 is 1.64 bits per heavy atom. The Morgan fingerprint density at radius 3 is 2.71 bits per heavy atom. The monoisotopic (exact) mass is 193 g/mol. The van der Waals surface area contributed by atoms with E-state index < -0.39 is 0 Å². The highest BCUT2D eigenvalue weighted by Crippen LogP contribution is 2.21. The van der Waals surface area contributed by atoms with Crippen molar-refractivity contribution >= 4 is 11.4 Å². The molecule has 0 spiro atoms. The van der Waals surface area contributed by atoms with Crippen molar-refractivity contribution in [1.82, 2.24) is 9.78 Å². The molecule has 1 aromatic heterocycles. The molecule has 76 valence electrons. The molecule has 0 aliphatic carbocycles. The summed E-state index contributed by atoms with van der Waals surface area (Å²) in [6, 6.07) is 0. The maximum absolute atomic E-state index is 5.67. The molecule has 1 rings (SSSR count). The average Bonchev–Trinajstić information content (AvgIpc) is 2.57. The highest BCUT2D eigenvalue weighted by atomic mass is 16.5. The first-order valence-electron chi connectivity index (χ1n) is 4.29. The summed E-state index contributed by atoms with van der Waals surface area (Å²) < 4.78 is 6.67. The minimum atomic E-state index is 0.446. The molecule has 4 nitrogen and oxygen atoms in total. The molecule has 0 saturated heterocycles. The fraction of sp³-hybridized carbons (Fsp3) is 0.300. The quantitative estimate of drug-likeness (QED) is 0.746. The van der Waals surface area contributed by atoms with Crippen molar-refractivity contribution in [2.75, 3.05) is 12.8 Å². The number of nitrogen functional groups attached to an aromatic ring is 1. The fourth-order valence-electron chi connectivity index (χ4n) is 1.03. The molecule has 0 bridgehead atoms. The number of hydrogen-bond acceptors (Lipinski definition) is 3. The second-order valence-corrected chi connectivity index (χ2v) is 3.01. The summed E-state index contributed by atoms with van der Waals surface area (Å²) >= 11 is 0. The maximum atomic E-state index is 5.67. The van der Waals surface area contributed by atoms with Crippen LogP contribution >= 0.6 is 0 Å². The third kappa shape index (κ3) is 1.79. The van der Waals surface area contributed by atoms with Gasteiger partial charge in [-0.15, -0.1) is 5.10 Å². The van der Waals surface area contributed by atoms with Crippen LogP contribution in [0.15, 0.2) is 24.4 Å². The second kappa shape index (κ2) is 4.00. The van der Waals surface area contributed by atoms with E-state index in [1.54, 1.807) is 24.1 Å². The number of rotatable bonds is 3. The highest BCUT2D eigenvalue weighted by molar-refractivity contribution is 5.55. The lowest BCUT2D eigenvalue weighted by Crippen LogP contribution is -1.96. The van der Waals surface area contributed by atoms with Gasteiger partial charge in [0.15, 0.2) is 0 Å². The zero-order chi connectivity index (χ0) is 10.7. The van der Waals surface area contributed by atoms with E-state index in [0.29, 0.717) is 11.6 Å². The van der Waals surface area contributed by atoms with E-state index in [1.807, 2.05) is 13.8 Å². The number of methoxy groups -OCH3 is 1. The molecule has 0 amide bonds. The van der Waals surface area contributed by atoms with Gasteiger partial charge in [0.05, 0.1) is 13.3 Å². The fourth-order valence-corrected chi connectivity index (χ4v) is 1.03. The molecule has 0 aliphatic heterocycles. The van der Waals surface area contributed by atoms with Gasteiger partial charge in [-0.05, 0) is 19.4 Å². The molecule has 4 heteroatoms. The summed E-state index contributed by atoms with van der Waals surface area (Å²) in [6.07, 6.45) is 3.50. The van der Waals surface area contributed by atoms with Gasteiger partial charge in [-0.3, -0.25) is 0 Å². The lowest BCUT2D eigenvalue weighted by Gasteiger charge is -2.02. The Labute approximate surface area is 83.7 Å². The maximum Gasteiger partial charge on any atom is 0.256 e. The van der Waals surface area contributed by atoms with E-state index in [1.165, 1.54) is 0 Å². The molecule has 0 aromatic carbocycles. The molecule has 0 radical (unpaired) electrons. The van der Waals surface area contributed by atoms with Gasteiger partial charge in [-0.25, -0.2) is 4.68 Å². The molecule has 2 N–H and O–H groups in total. The second-order valence-electron chi connectivity index (χ2n) is 3.01. The van der Waals surface area contributed by atoms with Crippen molar-refractivity contribution in [3.63, 3.8) is 0 Å². The molecule has 1 heterocycles. The van der Waals surface area contributed by atoms with Crippen LogP contribution in [-0.2, 0) is 0 Å². The minimum Gasteiger partial charge on any atom is -0.478 e. The smallest absolute Gasteiger partial charge is 0.256 e. The lowest BCUT2D eigenvalue weighted by atomic mass is 10.2. The van der Waals surface area contributed by atoms with E-state index in [-0.39, 0.29) is 0 Å². The van der Waals surface area contributed by atoms with Crippen LogP contribution in [0.4, 0.5) is 5.69 Å². The van der Waals surface area contributed by atoms with Gasteiger partial charge >= 0.3 is 0 Å². The first-order chi connectivity index (χ1) is 6.60. The predicted molar refractivity (Wildman–Crippen MR) is 58.0 cm³/mol. The topological polar surface area (TPSA) is 53.1 Å². The number of nitrogens with two attached hydrogens (primary N) is 1. The molecule has 0 saturated carbocycles. The summed E-state index contributed by atoms with van der Waals surface area (Å²) in [6.45, 7) is 7.61. The normalized spacial score (nSPS) is 12.2. The molecule has 0 fully saturated rings. The largest absolute Gasteiger partial charge is 0.478 e. The highest BCUT2D eigenvalue weighted by Gasteiger charge is 2.06. The molecular weight excluding hydrogens is 178 g/mol. The zero-order valence-electron chi connectivity index (χ0n) is 8.74. The van der Waals surface area contributed by atoms with Crippen LogP contribution in [0.3, 0.4) is 0 Å². The summed E-state index contributed by atoms with van der Waals surface area (Å²) in [7, 11) is 1.54. The molecular formula is C10H15N3O. The first-order valence-corrected chi connectivity index (χ1v) is 4.29. The van der Waals surface area contributed by atoms with E-state index in [4.69, 9.17) is 10.5 Å². The summed E-state index contributed by atoms with van der Waals surface area (Å²) in [5.74, 6) is 0.446. The Balaban J connectivity index is 3.14. The average molecular weight is 193 g/mol. The zero-order valence-corrected chi connectivity index (χ0v) is 8.74. The number of hydrogen-bond donors (Lipinski definition) is 1. The summed E-state index contributed by atoms with van der Waals surface area (Å²) in [4.78, 5) is 0. The number of anilines is 1. The molecule has 14 heavy (non-hydrogen) atoms. The Kier molecular flexibility index (Phi) is 2.96. The first kappa shape index (κ1) is 10.4. The lowest BCUT2D eigenvalue weighted by molar-refractivity contribution is 0.396. The molecule has 1 aromatic rings. The number of ether oxygens (including phenoxy) is 1. The van der Waals surface area contributed by atoms with Gasteiger partial charge in [-0.1, -0.05) is 12.7 Å². The number of allylic oxidation sites excluding steroid dienone is 3. The molecule has 0 unspecified atom stereocenters. The van der Waals surface area contributed by atoms with Gasteiger partial charge < -0.3 is 10.5 Å². The third-order valence-corrected chi connectivity index (χ3v) is 2.12. The summed E-state index contributed by atoms with van der Waals surface area (Å²) in [5, 5.41) is 4.16. The Bertz CT molecular complexity index is 377. The minimum absolute atomic E-state index is 0.446. The predicted octanol–water partition coefficient (Wildman–Crippen LogP) is 1.91. The van der Waals surface area contributed by atoms with E-state index in [9.17, 15) is 0 Å². The van der Waals surface area contributed by atoms with E-state index >= 15 is 0 Å². The summed E-state index contributed by atoms with van der Waals surface area (Å²) in [5.41, 5.74) is 8.24. The van der Waals surface area contributed by atoms with Gasteiger partial charge in [-0.2, -0.15) is 0 Å². The molecule has 0 aliphatic rings. The molecule has 0 atom stereocenters. The Hall–Kier alpha value is -1.71. The number of nitrogens with zero attached hydrogens (tertiary/aromatic N) is 2. The van der Waals surface area contributed by atoms with Crippen molar-refractivity contribution in [1.29, 1.82) is 0 Å². The van der Waals surface area contributed by atoms with Crippen LogP contribution in [0, 0.1) is 0 Å². The van der Waals surface area contributed by atoms with Crippen molar-refractivity contribution in [2.45, 2.75) is 13.8 Å². The number of aromatic nitrogens is 2. The van der Waals surface area contributed by atoms with Crippen LogP contribution in [-0.4, -0.2) is 16.9 Å². The SMILES string of the molecule is C=C/C(C)=C(/C)n1cc(N)c(OC)n1. The van der Waals surface area contributed by atoms with Gasteiger partial charge in [0, 0.05) is 5.70 Å². The van der Waals surface area contributed by atoms with Crippen molar-refractivity contribution in [2.24, 2.45) is 0 Å². The van der Waals surface area contributed by atoms with Crippen molar-refractivity contribution < 1.29 is 4.74 Å². The van der Waals surface area contributed by atoms with E-state index in [0.717, 1.165) is 11.3 Å². The Morgan fingerprint density at radius 2 is 2.29 bits per heavy atom.